The van der Waals surface area contributed by atoms with E-state index in [4.69, 9.17) is 5.84 Å². The third-order valence-corrected chi connectivity index (χ3v) is 5.69. The standard InChI is InChI=1S/C16H32N2/c1-11-8-12(2)10-13(9-11)15(18-17)14-6-5-7-16(14,3)4/h11-15,18H,5-10,17H2,1-4H3. The maximum atomic E-state index is 5.95. The lowest BCUT2D eigenvalue weighted by Crippen LogP contribution is -2.50. The van der Waals surface area contributed by atoms with Gasteiger partial charge in [-0.15, -0.1) is 0 Å². The van der Waals surface area contributed by atoms with Crippen molar-refractivity contribution in [2.45, 2.75) is 72.3 Å². The van der Waals surface area contributed by atoms with Gasteiger partial charge in [-0.3, -0.25) is 11.3 Å². The highest BCUT2D eigenvalue weighted by Crippen LogP contribution is 2.48. The molecule has 3 N–H and O–H groups in total. The number of rotatable bonds is 3. The van der Waals surface area contributed by atoms with Crippen molar-refractivity contribution in [3.8, 4) is 0 Å². The van der Waals surface area contributed by atoms with Crippen molar-refractivity contribution in [2.24, 2.45) is 34.9 Å². The molecule has 0 saturated heterocycles. The summed E-state index contributed by atoms with van der Waals surface area (Å²) in [5.41, 5.74) is 3.68. The average Bonchev–Trinajstić information content (AvgIpc) is 2.59. The Morgan fingerprint density at radius 1 is 1.11 bits per heavy atom. The molecule has 0 aromatic carbocycles. The van der Waals surface area contributed by atoms with E-state index in [1.807, 2.05) is 0 Å². The molecule has 2 saturated carbocycles. The van der Waals surface area contributed by atoms with Gasteiger partial charge in [0.05, 0.1) is 0 Å². The topological polar surface area (TPSA) is 38.0 Å². The van der Waals surface area contributed by atoms with Gasteiger partial charge in [0.25, 0.3) is 0 Å². The monoisotopic (exact) mass is 252 g/mol. The molecule has 0 aromatic rings. The van der Waals surface area contributed by atoms with Crippen LogP contribution in [0.25, 0.3) is 0 Å². The highest BCUT2D eigenvalue weighted by Gasteiger charge is 2.43. The van der Waals surface area contributed by atoms with Gasteiger partial charge in [0.15, 0.2) is 0 Å². The molecule has 2 nitrogen and oxygen atoms in total. The van der Waals surface area contributed by atoms with Crippen LogP contribution in [0.15, 0.2) is 0 Å². The maximum absolute atomic E-state index is 5.95. The van der Waals surface area contributed by atoms with Crippen LogP contribution in [0.3, 0.4) is 0 Å². The SMILES string of the molecule is CC1CC(C)CC(C(NN)C2CCCC2(C)C)C1. The van der Waals surface area contributed by atoms with Crippen molar-refractivity contribution in [2.75, 3.05) is 0 Å². The summed E-state index contributed by atoms with van der Waals surface area (Å²) in [4.78, 5) is 0. The van der Waals surface area contributed by atoms with Crippen molar-refractivity contribution in [1.29, 1.82) is 0 Å². The van der Waals surface area contributed by atoms with Crippen molar-refractivity contribution in [3.63, 3.8) is 0 Å². The minimum absolute atomic E-state index is 0.473. The third-order valence-electron chi connectivity index (χ3n) is 5.69. The van der Waals surface area contributed by atoms with Crippen LogP contribution < -0.4 is 11.3 Å². The Balaban J connectivity index is 2.08. The number of hydrazine groups is 1. The van der Waals surface area contributed by atoms with Crippen LogP contribution in [0.1, 0.15) is 66.2 Å². The fourth-order valence-corrected chi connectivity index (χ4v) is 4.90. The molecule has 0 amide bonds. The predicted octanol–water partition coefficient (Wildman–Crippen LogP) is 3.72. The van der Waals surface area contributed by atoms with Crippen LogP contribution in [0.4, 0.5) is 0 Å². The second-order valence-corrected chi connectivity index (χ2v) is 7.86. The molecule has 2 aliphatic carbocycles. The molecular formula is C16H32N2. The molecule has 0 aliphatic heterocycles. The Bertz CT molecular complexity index is 264. The van der Waals surface area contributed by atoms with E-state index in [1.54, 1.807) is 0 Å². The van der Waals surface area contributed by atoms with E-state index in [1.165, 1.54) is 38.5 Å². The minimum atomic E-state index is 0.473. The quantitative estimate of drug-likeness (QED) is 0.593. The van der Waals surface area contributed by atoms with Crippen molar-refractivity contribution in [3.05, 3.63) is 0 Å². The lowest BCUT2D eigenvalue weighted by molar-refractivity contribution is 0.0995. The van der Waals surface area contributed by atoms with Gasteiger partial charge < -0.3 is 0 Å². The molecule has 4 atom stereocenters. The maximum Gasteiger partial charge on any atom is 0.0272 e. The van der Waals surface area contributed by atoms with Gasteiger partial charge in [-0.2, -0.15) is 0 Å². The Morgan fingerprint density at radius 3 is 2.17 bits per heavy atom. The highest BCUT2D eigenvalue weighted by molar-refractivity contribution is 4.96. The summed E-state index contributed by atoms with van der Waals surface area (Å²) in [6.07, 6.45) is 8.25. The molecule has 0 aromatic heterocycles. The highest BCUT2D eigenvalue weighted by atomic mass is 15.2. The van der Waals surface area contributed by atoms with Gasteiger partial charge in [0, 0.05) is 6.04 Å². The number of nitrogens with one attached hydrogen (secondary N) is 1. The Kier molecular flexibility index (Phi) is 4.38. The molecule has 18 heavy (non-hydrogen) atoms. The lowest BCUT2D eigenvalue weighted by Gasteiger charge is -2.42. The van der Waals surface area contributed by atoms with E-state index in [-0.39, 0.29) is 0 Å². The summed E-state index contributed by atoms with van der Waals surface area (Å²) < 4.78 is 0. The van der Waals surface area contributed by atoms with Gasteiger partial charge in [0.1, 0.15) is 0 Å². The van der Waals surface area contributed by atoms with Crippen molar-refractivity contribution in [1.82, 2.24) is 5.43 Å². The zero-order chi connectivity index (χ0) is 13.3. The van der Waals surface area contributed by atoms with Crippen LogP contribution >= 0.6 is 0 Å². The summed E-state index contributed by atoms with van der Waals surface area (Å²) in [5.74, 6) is 9.25. The fourth-order valence-electron chi connectivity index (χ4n) is 4.90. The van der Waals surface area contributed by atoms with Crippen molar-refractivity contribution < 1.29 is 0 Å². The summed E-state index contributed by atoms with van der Waals surface area (Å²) in [6.45, 7) is 9.70. The van der Waals surface area contributed by atoms with Crippen LogP contribution in [-0.4, -0.2) is 6.04 Å². The summed E-state index contributed by atoms with van der Waals surface area (Å²) in [5, 5.41) is 0. The summed E-state index contributed by atoms with van der Waals surface area (Å²) in [6, 6.07) is 0.535. The fraction of sp³-hybridized carbons (Fsp3) is 1.00. The van der Waals surface area contributed by atoms with Gasteiger partial charge in [0.2, 0.25) is 0 Å². The third kappa shape index (κ3) is 2.91. The first-order chi connectivity index (χ1) is 8.44. The smallest absolute Gasteiger partial charge is 0.0272 e. The van der Waals surface area contributed by atoms with E-state index in [0.717, 1.165) is 23.7 Å². The molecule has 2 rings (SSSR count). The van der Waals surface area contributed by atoms with Gasteiger partial charge in [-0.25, -0.2) is 0 Å². The van der Waals surface area contributed by atoms with Crippen LogP contribution in [0.2, 0.25) is 0 Å². The molecule has 0 spiro atoms. The molecule has 2 aliphatic rings. The van der Waals surface area contributed by atoms with E-state index in [2.05, 4.69) is 33.1 Å². The van der Waals surface area contributed by atoms with Gasteiger partial charge in [-0.1, -0.05) is 34.1 Å². The van der Waals surface area contributed by atoms with Crippen LogP contribution in [0, 0.1) is 29.1 Å². The second kappa shape index (κ2) is 5.50. The Morgan fingerprint density at radius 2 is 1.72 bits per heavy atom. The van der Waals surface area contributed by atoms with Crippen LogP contribution in [-0.2, 0) is 0 Å². The largest absolute Gasteiger partial charge is 0.271 e. The van der Waals surface area contributed by atoms with E-state index >= 15 is 0 Å². The first-order valence-electron chi connectivity index (χ1n) is 7.90. The van der Waals surface area contributed by atoms with E-state index in [0.29, 0.717) is 11.5 Å². The van der Waals surface area contributed by atoms with Crippen molar-refractivity contribution >= 4 is 0 Å². The minimum Gasteiger partial charge on any atom is -0.271 e. The summed E-state index contributed by atoms with van der Waals surface area (Å²) >= 11 is 0. The zero-order valence-corrected chi connectivity index (χ0v) is 12.7. The molecule has 2 fully saturated rings. The number of nitrogens with two attached hydrogens (primary N) is 1. The van der Waals surface area contributed by atoms with E-state index < -0.39 is 0 Å². The normalized spacial score (nSPS) is 41.8. The average molecular weight is 252 g/mol. The Hall–Kier alpha value is -0.0800. The molecule has 2 heteroatoms. The second-order valence-electron chi connectivity index (χ2n) is 7.86. The van der Waals surface area contributed by atoms with Gasteiger partial charge in [-0.05, 0) is 61.2 Å². The lowest BCUT2D eigenvalue weighted by atomic mass is 9.67. The molecule has 4 unspecified atom stereocenters. The molecule has 0 bridgehead atoms. The molecule has 0 radical (unpaired) electrons. The summed E-state index contributed by atoms with van der Waals surface area (Å²) in [7, 11) is 0. The predicted molar refractivity (Wildman–Crippen MR) is 77.9 cm³/mol. The first-order valence-corrected chi connectivity index (χ1v) is 7.90. The Labute approximate surface area is 113 Å². The first kappa shape index (κ1) is 14.3. The van der Waals surface area contributed by atoms with E-state index in [9.17, 15) is 0 Å². The molecule has 0 heterocycles. The van der Waals surface area contributed by atoms with Gasteiger partial charge >= 0.3 is 0 Å². The van der Waals surface area contributed by atoms with Crippen LogP contribution in [0.5, 0.6) is 0 Å². The number of hydrogen-bond acceptors (Lipinski definition) is 2. The zero-order valence-electron chi connectivity index (χ0n) is 12.7. The molecule has 106 valence electrons. The molecular weight excluding hydrogens is 220 g/mol. The number of hydrogen-bond donors (Lipinski definition) is 2.